The van der Waals surface area contributed by atoms with Crippen LogP contribution in [-0.4, -0.2) is 18.0 Å². The van der Waals surface area contributed by atoms with E-state index in [9.17, 15) is 4.79 Å². The molecule has 0 radical (unpaired) electrons. The number of hydrogen-bond acceptors (Lipinski definition) is 2. The van der Waals surface area contributed by atoms with Gasteiger partial charge in [-0.05, 0) is 88.3 Å². The van der Waals surface area contributed by atoms with E-state index in [1.54, 1.807) is 18.2 Å². The van der Waals surface area contributed by atoms with Crippen molar-refractivity contribution in [1.82, 2.24) is 0 Å². The molecule has 4 aliphatic rings. The lowest BCUT2D eigenvalue weighted by atomic mass is 9.48. The number of rotatable bonds is 5. The van der Waals surface area contributed by atoms with Crippen molar-refractivity contribution >= 4 is 11.6 Å². The summed E-state index contributed by atoms with van der Waals surface area (Å²) in [5.41, 5.74) is 1.72. The summed E-state index contributed by atoms with van der Waals surface area (Å²) in [7, 11) is 0. The van der Waals surface area contributed by atoms with Crippen LogP contribution in [0, 0.1) is 34.5 Å². The van der Waals surface area contributed by atoms with Gasteiger partial charge in [-0.3, -0.25) is 4.79 Å². The van der Waals surface area contributed by atoms with Crippen molar-refractivity contribution in [2.45, 2.75) is 64.5 Å². The first-order valence-corrected chi connectivity index (χ1v) is 10.1. The van der Waals surface area contributed by atoms with Gasteiger partial charge in [0.25, 0.3) is 5.91 Å². The first-order valence-electron chi connectivity index (χ1n) is 10.1. The molecular formula is C22H30N3O+. The largest absolute Gasteiger partial charge is 0.334 e. The van der Waals surface area contributed by atoms with E-state index in [0.29, 0.717) is 22.7 Å². The average Bonchev–Trinajstić information content (AvgIpc) is 2.60. The Morgan fingerprint density at radius 3 is 2.38 bits per heavy atom. The zero-order valence-corrected chi connectivity index (χ0v) is 15.9. The molecule has 1 aromatic carbocycles. The van der Waals surface area contributed by atoms with Crippen molar-refractivity contribution < 1.29 is 10.1 Å². The van der Waals surface area contributed by atoms with E-state index >= 15 is 0 Å². The Morgan fingerprint density at radius 2 is 1.81 bits per heavy atom. The van der Waals surface area contributed by atoms with Crippen molar-refractivity contribution in [3.8, 4) is 6.07 Å². The molecule has 0 unspecified atom stereocenters. The van der Waals surface area contributed by atoms with Gasteiger partial charge in [-0.1, -0.05) is 6.07 Å². The van der Waals surface area contributed by atoms with Gasteiger partial charge in [0.2, 0.25) is 0 Å². The minimum atomic E-state index is -0.122. The van der Waals surface area contributed by atoms with Crippen LogP contribution in [0.2, 0.25) is 0 Å². The highest BCUT2D eigenvalue weighted by Gasteiger charge is 2.54. The number of nitriles is 1. The van der Waals surface area contributed by atoms with Crippen LogP contribution in [0.1, 0.15) is 57.9 Å². The number of carbonyl (C=O) groups excluding carboxylic acids is 1. The van der Waals surface area contributed by atoms with E-state index in [0.717, 1.165) is 17.8 Å². The molecule has 138 valence electrons. The predicted molar refractivity (Wildman–Crippen MR) is 101 cm³/mol. The number of nitrogens with one attached hydrogen (secondary N) is 1. The zero-order chi connectivity index (χ0) is 18.3. The topological polar surface area (TPSA) is 69.5 Å². The number of nitrogens with two attached hydrogens (primary N) is 1. The fraction of sp³-hybridized carbons (Fsp3) is 0.636. The monoisotopic (exact) mass is 352 g/mol. The Bertz CT molecular complexity index is 700. The Morgan fingerprint density at radius 1 is 1.19 bits per heavy atom. The molecule has 4 heteroatoms. The number of amides is 1. The molecule has 4 fully saturated rings. The van der Waals surface area contributed by atoms with Crippen LogP contribution in [0.25, 0.3) is 0 Å². The van der Waals surface area contributed by atoms with Gasteiger partial charge in [-0.25, -0.2) is 0 Å². The Labute approximate surface area is 156 Å². The molecule has 2 atom stereocenters. The number of hydrogen-bond donors (Lipinski definition) is 2. The number of benzene rings is 1. The maximum atomic E-state index is 12.6. The third-order valence-corrected chi connectivity index (χ3v) is 7.30. The summed E-state index contributed by atoms with van der Waals surface area (Å²) in [5.74, 6) is 2.84. The van der Waals surface area contributed by atoms with Gasteiger partial charge in [0.1, 0.15) is 0 Å². The maximum Gasteiger partial charge on any atom is 0.282 e. The Balaban J connectivity index is 1.39. The smallest absolute Gasteiger partial charge is 0.282 e. The van der Waals surface area contributed by atoms with Gasteiger partial charge in [-0.15, -0.1) is 0 Å². The van der Waals surface area contributed by atoms with Crippen LogP contribution in [0.4, 0.5) is 5.69 Å². The maximum absolute atomic E-state index is 12.6. The van der Waals surface area contributed by atoms with Gasteiger partial charge in [-0.2, -0.15) is 5.26 Å². The van der Waals surface area contributed by atoms with Crippen LogP contribution >= 0.6 is 0 Å². The molecule has 0 aliphatic heterocycles. The van der Waals surface area contributed by atoms with Crippen LogP contribution in [-0.2, 0) is 4.79 Å². The molecule has 1 aromatic rings. The van der Waals surface area contributed by atoms with Crippen molar-refractivity contribution in [3.05, 3.63) is 29.8 Å². The van der Waals surface area contributed by atoms with Crippen LogP contribution < -0.4 is 10.6 Å². The number of anilines is 1. The highest BCUT2D eigenvalue weighted by Crippen LogP contribution is 2.60. The highest BCUT2D eigenvalue weighted by atomic mass is 16.2. The average molecular weight is 353 g/mol. The number of quaternary nitrogens is 1. The summed E-state index contributed by atoms with van der Waals surface area (Å²) >= 11 is 0. The van der Waals surface area contributed by atoms with E-state index in [2.05, 4.69) is 23.6 Å². The lowest BCUT2D eigenvalue weighted by Gasteiger charge is -2.58. The van der Waals surface area contributed by atoms with E-state index < -0.39 is 0 Å². The van der Waals surface area contributed by atoms with Crippen molar-refractivity contribution in [2.24, 2.45) is 23.2 Å². The fourth-order valence-electron chi connectivity index (χ4n) is 6.38. The lowest BCUT2D eigenvalue weighted by Crippen LogP contribution is -2.98. The predicted octanol–water partition coefficient (Wildman–Crippen LogP) is 3.05. The minimum Gasteiger partial charge on any atom is -0.334 e. The summed E-state index contributed by atoms with van der Waals surface area (Å²) < 4.78 is 0. The van der Waals surface area contributed by atoms with Crippen molar-refractivity contribution in [1.29, 1.82) is 5.26 Å². The molecule has 0 aromatic heterocycles. The molecule has 1 amide bonds. The first-order chi connectivity index (χ1) is 12.5. The highest BCUT2D eigenvalue weighted by molar-refractivity contribution is 5.93. The number of nitrogens with zero attached hydrogens (tertiary/aromatic N) is 1. The number of carbonyl (C=O) groups is 1. The van der Waals surface area contributed by atoms with E-state index in [1.165, 1.54) is 38.5 Å². The van der Waals surface area contributed by atoms with Gasteiger partial charge in [0.05, 0.1) is 17.7 Å². The zero-order valence-electron chi connectivity index (χ0n) is 15.9. The summed E-state index contributed by atoms with van der Waals surface area (Å²) in [6.07, 6.45) is 8.48. The van der Waals surface area contributed by atoms with E-state index in [4.69, 9.17) is 5.26 Å². The normalized spacial score (nSPS) is 34.1. The molecule has 4 nitrogen and oxygen atoms in total. The van der Waals surface area contributed by atoms with Crippen LogP contribution in [0.3, 0.4) is 0 Å². The third kappa shape index (κ3) is 3.25. The molecule has 0 heterocycles. The molecular weight excluding hydrogens is 322 g/mol. The Hall–Kier alpha value is -1.86. The lowest BCUT2D eigenvalue weighted by molar-refractivity contribution is -0.718. The molecule has 4 bridgehead atoms. The quantitative estimate of drug-likeness (QED) is 0.855. The van der Waals surface area contributed by atoms with Gasteiger partial charge < -0.3 is 10.6 Å². The minimum absolute atomic E-state index is 0.0247. The van der Waals surface area contributed by atoms with Crippen LogP contribution in [0.15, 0.2) is 24.3 Å². The van der Waals surface area contributed by atoms with Gasteiger partial charge >= 0.3 is 0 Å². The summed E-state index contributed by atoms with van der Waals surface area (Å²) in [6, 6.07) is 9.61. The van der Waals surface area contributed by atoms with Gasteiger partial charge in [0, 0.05) is 11.1 Å². The third-order valence-electron chi connectivity index (χ3n) is 7.30. The van der Waals surface area contributed by atoms with E-state index in [-0.39, 0.29) is 11.9 Å². The van der Waals surface area contributed by atoms with Gasteiger partial charge in [0.15, 0.2) is 6.04 Å². The molecule has 5 rings (SSSR count). The van der Waals surface area contributed by atoms with Crippen molar-refractivity contribution in [2.75, 3.05) is 5.32 Å². The molecule has 26 heavy (non-hydrogen) atoms. The fourth-order valence-corrected chi connectivity index (χ4v) is 6.38. The molecule has 0 spiro atoms. The molecule has 0 saturated heterocycles. The first kappa shape index (κ1) is 17.5. The Kier molecular flexibility index (Phi) is 4.52. The summed E-state index contributed by atoms with van der Waals surface area (Å²) in [6.45, 7) is 4.34. The standard InChI is InChI=1S/C22H29N3O/c1-14(21(26)25-20-5-3-4-16(9-20)13-23)24-15(2)22-10-17-6-18(11-22)8-19(7-17)12-22/h3-5,9,14-15,17-19,24H,6-8,10-12H2,1-2H3,(H,25,26)/p+1/t14-,15-,17?,18?,19?,22?/m0/s1. The second kappa shape index (κ2) is 6.70. The second-order valence-electron chi connectivity index (χ2n) is 9.23. The summed E-state index contributed by atoms with van der Waals surface area (Å²) in [4.78, 5) is 12.6. The second-order valence-corrected chi connectivity index (χ2v) is 9.23. The molecule has 3 N–H and O–H groups in total. The SMILES string of the molecule is C[C@H]([NH2+][C@@H](C)C12CC3CC(CC(C3)C1)C2)C(=O)Nc1cccc(C#N)c1. The summed E-state index contributed by atoms with van der Waals surface area (Å²) in [5, 5.41) is 14.3. The van der Waals surface area contributed by atoms with E-state index in [1.807, 2.05) is 13.0 Å². The molecule has 4 aliphatic carbocycles. The van der Waals surface area contributed by atoms with Crippen molar-refractivity contribution in [3.63, 3.8) is 0 Å². The molecule has 4 saturated carbocycles. The van der Waals surface area contributed by atoms with Crippen LogP contribution in [0.5, 0.6) is 0 Å².